The van der Waals surface area contributed by atoms with Gasteiger partial charge in [0, 0.05) is 55.0 Å². The van der Waals surface area contributed by atoms with Crippen LogP contribution in [-0.2, 0) is 5.41 Å². The minimum absolute atomic E-state index is 0.136. The normalized spacial score (nSPS) is 12.9. The zero-order valence-corrected chi connectivity index (χ0v) is 31.5. The number of fused-ring (bicyclic) bond motifs is 8. The number of para-hydroxylation sites is 1. The number of nitrogens with zero attached hydrogens (tertiary/aromatic N) is 4. The highest BCUT2D eigenvalue weighted by Gasteiger charge is 2.36. The third-order valence-corrected chi connectivity index (χ3v) is 11.5. The Morgan fingerprint density at radius 2 is 1.00 bits per heavy atom. The Bertz CT molecular complexity index is 3100. The molecule has 0 saturated heterocycles. The second-order valence-electron chi connectivity index (χ2n) is 15.2. The molecule has 270 valence electrons. The number of rotatable bonds is 6. The van der Waals surface area contributed by atoms with Crippen LogP contribution in [0.4, 0.5) is 17.1 Å². The molecule has 10 aromatic rings. The highest BCUT2D eigenvalue weighted by Crippen LogP contribution is 2.51. The lowest BCUT2D eigenvalue weighted by Gasteiger charge is -2.29. The van der Waals surface area contributed by atoms with E-state index in [0.717, 1.165) is 66.5 Å². The molecule has 5 nitrogen and oxygen atoms in total. The fourth-order valence-corrected chi connectivity index (χ4v) is 8.68. The van der Waals surface area contributed by atoms with Gasteiger partial charge in [-0.1, -0.05) is 147 Å². The summed E-state index contributed by atoms with van der Waals surface area (Å²) in [7, 11) is 0. The van der Waals surface area contributed by atoms with Crippen molar-refractivity contribution in [2.24, 2.45) is 0 Å². The highest BCUT2D eigenvalue weighted by atomic mass is 16.3. The van der Waals surface area contributed by atoms with Gasteiger partial charge in [-0.25, -0.2) is 15.0 Å². The summed E-state index contributed by atoms with van der Waals surface area (Å²) in [5.74, 6) is 1.86. The molecule has 0 aliphatic heterocycles. The number of hydrogen-bond acceptors (Lipinski definition) is 5. The van der Waals surface area contributed by atoms with Crippen molar-refractivity contribution < 1.29 is 4.42 Å². The SMILES string of the molecule is CC1(C)c2ccccc2-c2ccc(N(c3ccccc3)c3cc4c5cc(-c6nc(-c7ccccc7)nc(-c7ccccc7)n6)ccc5oc4c4ccccc34)cc21. The summed E-state index contributed by atoms with van der Waals surface area (Å²) < 4.78 is 6.74. The van der Waals surface area contributed by atoms with Gasteiger partial charge in [0.1, 0.15) is 11.2 Å². The predicted molar refractivity (Wildman–Crippen MR) is 233 cm³/mol. The second kappa shape index (κ2) is 12.9. The van der Waals surface area contributed by atoms with Gasteiger partial charge in [0.05, 0.1) is 5.69 Å². The van der Waals surface area contributed by atoms with Gasteiger partial charge in [0.2, 0.25) is 0 Å². The smallest absolute Gasteiger partial charge is 0.164 e. The molecule has 2 heterocycles. The van der Waals surface area contributed by atoms with E-state index in [9.17, 15) is 0 Å². The summed E-state index contributed by atoms with van der Waals surface area (Å²) in [5.41, 5.74) is 12.8. The van der Waals surface area contributed by atoms with E-state index < -0.39 is 0 Å². The molecule has 0 N–H and O–H groups in total. The highest BCUT2D eigenvalue weighted by molar-refractivity contribution is 6.20. The Balaban J connectivity index is 1.13. The minimum atomic E-state index is -0.136. The van der Waals surface area contributed by atoms with Crippen molar-refractivity contribution in [3.63, 3.8) is 0 Å². The first kappa shape index (κ1) is 33.0. The Morgan fingerprint density at radius 1 is 0.421 bits per heavy atom. The average molecular weight is 733 g/mol. The van der Waals surface area contributed by atoms with Gasteiger partial charge in [0.15, 0.2) is 17.5 Å². The molecule has 0 spiro atoms. The van der Waals surface area contributed by atoms with Crippen LogP contribution >= 0.6 is 0 Å². The molecule has 1 aliphatic rings. The van der Waals surface area contributed by atoms with E-state index in [1.165, 1.54) is 22.3 Å². The van der Waals surface area contributed by atoms with Gasteiger partial charge in [-0.15, -0.1) is 0 Å². The Hall–Kier alpha value is -7.37. The molecule has 57 heavy (non-hydrogen) atoms. The van der Waals surface area contributed by atoms with Crippen molar-refractivity contribution in [3.05, 3.63) is 193 Å². The lowest BCUT2D eigenvalue weighted by atomic mass is 9.82. The van der Waals surface area contributed by atoms with E-state index in [2.05, 4.69) is 128 Å². The Kier molecular flexibility index (Phi) is 7.45. The van der Waals surface area contributed by atoms with Crippen LogP contribution in [-0.4, -0.2) is 15.0 Å². The van der Waals surface area contributed by atoms with Crippen LogP contribution in [0.2, 0.25) is 0 Å². The topological polar surface area (TPSA) is 55.1 Å². The molecular weight excluding hydrogens is 697 g/mol. The average Bonchev–Trinajstić information content (AvgIpc) is 3.76. The summed E-state index contributed by atoms with van der Waals surface area (Å²) in [6, 6.07) is 63.7. The molecule has 8 aromatic carbocycles. The van der Waals surface area contributed by atoms with Gasteiger partial charge in [-0.3, -0.25) is 0 Å². The van der Waals surface area contributed by atoms with E-state index in [0.29, 0.717) is 17.5 Å². The van der Waals surface area contributed by atoms with Crippen molar-refractivity contribution >= 4 is 49.8 Å². The maximum absolute atomic E-state index is 6.74. The van der Waals surface area contributed by atoms with Crippen LogP contribution in [0.15, 0.2) is 186 Å². The monoisotopic (exact) mass is 732 g/mol. The number of benzene rings is 8. The number of furan rings is 1. The Morgan fingerprint density at radius 3 is 1.70 bits per heavy atom. The second-order valence-corrected chi connectivity index (χ2v) is 15.2. The molecule has 0 atom stereocenters. The zero-order valence-electron chi connectivity index (χ0n) is 31.5. The van der Waals surface area contributed by atoms with E-state index >= 15 is 0 Å². The maximum atomic E-state index is 6.74. The molecule has 0 bridgehead atoms. The predicted octanol–water partition coefficient (Wildman–Crippen LogP) is 13.7. The van der Waals surface area contributed by atoms with E-state index in [4.69, 9.17) is 19.4 Å². The summed E-state index contributed by atoms with van der Waals surface area (Å²) in [4.78, 5) is 17.4. The van der Waals surface area contributed by atoms with Gasteiger partial charge in [-0.2, -0.15) is 0 Å². The van der Waals surface area contributed by atoms with Crippen molar-refractivity contribution in [2.75, 3.05) is 4.90 Å². The van der Waals surface area contributed by atoms with Crippen molar-refractivity contribution in [2.45, 2.75) is 19.3 Å². The third kappa shape index (κ3) is 5.35. The lowest BCUT2D eigenvalue weighted by molar-refractivity contribution is 0.660. The number of hydrogen-bond donors (Lipinski definition) is 0. The summed E-state index contributed by atoms with van der Waals surface area (Å²) in [6.07, 6.45) is 0. The van der Waals surface area contributed by atoms with Gasteiger partial charge >= 0.3 is 0 Å². The molecule has 5 heteroatoms. The van der Waals surface area contributed by atoms with Crippen LogP contribution in [0.5, 0.6) is 0 Å². The first-order valence-corrected chi connectivity index (χ1v) is 19.4. The fraction of sp³-hybridized carbons (Fsp3) is 0.0577. The van der Waals surface area contributed by atoms with Crippen LogP contribution in [0.3, 0.4) is 0 Å². The maximum Gasteiger partial charge on any atom is 0.164 e. The van der Waals surface area contributed by atoms with Crippen molar-refractivity contribution in [1.29, 1.82) is 0 Å². The molecule has 1 aliphatic carbocycles. The molecule has 0 amide bonds. The third-order valence-electron chi connectivity index (χ3n) is 11.5. The first-order chi connectivity index (χ1) is 28.0. The molecular formula is C52H36N4O. The number of aromatic nitrogens is 3. The van der Waals surface area contributed by atoms with Gasteiger partial charge in [-0.05, 0) is 70.8 Å². The molecule has 0 fully saturated rings. The van der Waals surface area contributed by atoms with E-state index in [1.807, 2.05) is 72.8 Å². The quantitative estimate of drug-likeness (QED) is 0.170. The largest absolute Gasteiger partial charge is 0.455 e. The zero-order chi connectivity index (χ0) is 38.1. The van der Waals surface area contributed by atoms with Crippen LogP contribution < -0.4 is 4.90 Å². The van der Waals surface area contributed by atoms with Crippen molar-refractivity contribution in [1.82, 2.24) is 15.0 Å². The van der Waals surface area contributed by atoms with Crippen LogP contribution in [0, 0.1) is 0 Å². The lowest BCUT2D eigenvalue weighted by Crippen LogP contribution is -2.16. The van der Waals surface area contributed by atoms with Crippen LogP contribution in [0.25, 0.3) is 78.0 Å². The van der Waals surface area contributed by atoms with E-state index in [-0.39, 0.29) is 5.41 Å². The molecule has 0 saturated carbocycles. The van der Waals surface area contributed by atoms with Gasteiger partial charge in [0.25, 0.3) is 0 Å². The summed E-state index contributed by atoms with van der Waals surface area (Å²) >= 11 is 0. The summed E-state index contributed by atoms with van der Waals surface area (Å²) in [5, 5.41) is 4.18. The first-order valence-electron chi connectivity index (χ1n) is 19.4. The fourth-order valence-electron chi connectivity index (χ4n) is 8.68. The standard InChI is InChI=1S/C52H36N4O/c1-52(2)44-25-15-14-22-38(44)39-28-27-37(31-45(39)52)56(36-20-10-5-11-21-36)46-32-43-42-30-35(26-29-47(42)57-48(43)41-24-13-12-23-40(41)46)51-54-49(33-16-6-3-7-17-33)53-50(55-51)34-18-8-4-9-19-34/h3-32H,1-2H3. The summed E-state index contributed by atoms with van der Waals surface area (Å²) in [6.45, 7) is 4.67. The van der Waals surface area contributed by atoms with Crippen molar-refractivity contribution in [3.8, 4) is 45.3 Å². The molecule has 2 aromatic heterocycles. The van der Waals surface area contributed by atoms with Gasteiger partial charge < -0.3 is 9.32 Å². The number of anilines is 3. The van der Waals surface area contributed by atoms with E-state index in [1.54, 1.807) is 0 Å². The van der Waals surface area contributed by atoms with Crippen LogP contribution in [0.1, 0.15) is 25.0 Å². The minimum Gasteiger partial charge on any atom is -0.455 e. The molecule has 11 rings (SSSR count). The molecule has 0 radical (unpaired) electrons. The Labute approximate surface area is 330 Å². The molecule has 0 unspecified atom stereocenters.